The van der Waals surface area contributed by atoms with E-state index in [1.807, 2.05) is 13.0 Å². The minimum absolute atomic E-state index is 0.162. The second-order valence-corrected chi connectivity index (χ2v) is 9.70. The Bertz CT molecular complexity index is 1110. The van der Waals surface area contributed by atoms with Crippen LogP contribution in [0.3, 0.4) is 0 Å². The van der Waals surface area contributed by atoms with E-state index in [9.17, 15) is 19.5 Å². The molecule has 0 spiro atoms. The molecule has 0 saturated heterocycles. The number of aromatic nitrogens is 1. The van der Waals surface area contributed by atoms with Crippen molar-refractivity contribution in [3.05, 3.63) is 61.6 Å². The van der Waals surface area contributed by atoms with E-state index < -0.39 is 11.4 Å². The smallest absolute Gasteiger partial charge is 0.351 e. The van der Waals surface area contributed by atoms with Gasteiger partial charge in [-0.3, -0.25) is 9.59 Å². The van der Waals surface area contributed by atoms with Crippen molar-refractivity contribution in [3.63, 3.8) is 0 Å². The zero-order valence-electron chi connectivity index (χ0n) is 21.0. The molecule has 2 aromatic heterocycles. The summed E-state index contributed by atoms with van der Waals surface area (Å²) in [6.07, 6.45) is 14.1. The van der Waals surface area contributed by atoms with Crippen molar-refractivity contribution in [2.45, 2.75) is 78.1 Å². The van der Waals surface area contributed by atoms with Crippen LogP contribution in [0.4, 0.5) is 0 Å². The summed E-state index contributed by atoms with van der Waals surface area (Å²) in [4.78, 5) is 41.8. The van der Waals surface area contributed by atoms with E-state index in [1.165, 1.54) is 43.8 Å². The zero-order chi connectivity index (χ0) is 25.8. The molecule has 35 heavy (non-hydrogen) atoms. The summed E-state index contributed by atoms with van der Waals surface area (Å²) in [7, 11) is 1.34. The first kappa shape index (κ1) is 28.2. The molecular weight excluding hydrogens is 466 g/mol. The van der Waals surface area contributed by atoms with Crippen LogP contribution in [0, 0.1) is 0 Å². The third-order valence-electron chi connectivity index (χ3n) is 5.64. The van der Waals surface area contributed by atoms with E-state index in [0.29, 0.717) is 24.2 Å². The monoisotopic (exact) mass is 501 g/mol. The van der Waals surface area contributed by atoms with Gasteiger partial charge in [-0.15, -0.1) is 11.3 Å². The van der Waals surface area contributed by atoms with Crippen LogP contribution in [-0.4, -0.2) is 29.0 Å². The average Bonchev–Trinajstić information content (AvgIpc) is 3.27. The van der Waals surface area contributed by atoms with Gasteiger partial charge in [0, 0.05) is 23.1 Å². The number of allylic oxidation sites excluding steroid dienone is 2. The van der Waals surface area contributed by atoms with Gasteiger partial charge in [0.15, 0.2) is 5.78 Å². The van der Waals surface area contributed by atoms with Gasteiger partial charge in [-0.2, -0.15) is 0 Å². The Morgan fingerprint density at radius 2 is 2.03 bits per heavy atom. The molecule has 1 unspecified atom stereocenters. The summed E-state index contributed by atoms with van der Waals surface area (Å²) in [5.74, 6) is -1.12. The van der Waals surface area contributed by atoms with E-state index in [2.05, 4.69) is 16.6 Å². The predicted octanol–water partition coefficient (Wildman–Crippen LogP) is 6.21. The number of rotatable bonds is 14. The molecule has 0 amide bonds. The van der Waals surface area contributed by atoms with Gasteiger partial charge in [0.2, 0.25) is 0 Å². The number of ketones is 1. The molecule has 2 rings (SSSR count). The third-order valence-corrected chi connectivity index (χ3v) is 6.64. The maximum atomic E-state index is 12.9. The van der Waals surface area contributed by atoms with Crippen LogP contribution in [0.2, 0.25) is 0 Å². The normalized spacial score (nSPS) is 12.7. The molecule has 0 radical (unpaired) electrons. The number of hydrogen-bond donors (Lipinski definition) is 1. The van der Waals surface area contributed by atoms with Gasteiger partial charge < -0.3 is 14.3 Å². The van der Waals surface area contributed by atoms with E-state index in [4.69, 9.17) is 4.42 Å². The van der Waals surface area contributed by atoms with Crippen LogP contribution in [0.5, 0.6) is 5.75 Å². The summed E-state index contributed by atoms with van der Waals surface area (Å²) in [6, 6.07) is 1.34. The number of ether oxygens (including phenoxy) is 1. The molecule has 0 aliphatic carbocycles. The number of carbonyl (C=O) groups excluding carboxylic acids is 2. The number of carbonyl (C=O) groups is 2. The van der Waals surface area contributed by atoms with Crippen molar-refractivity contribution in [1.82, 2.24) is 4.98 Å². The molecule has 0 aliphatic heterocycles. The Hall–Kier alpha value is -3.00. The number of methoxy groups -OCH3 is 1. The van der Waals surface area contributed by atoms with Crippen molar-refractivity contribution >= 4 is 29.2 Å². The lowest BCUT2D eigenvalue weighted by Gasteiger charge is -2.11. The van der Waals surface area contributed by atoms with E-state index in [1.54, 1.807) is 25.3 Å². The Balaban J connectivity index is 2.04. The number of esters is 1. The lowest BCUT2D eigenvalue weighted by Crippen LogP contribution is -2.16. The summed E-state index contributed by atoms with van der Waals surface area (Å²) < 4.78 is 9.96. The number of aryl methyl sites for hydroxylation is 1. The van der Waals surface area contributed by atoms with Crippen LogP contribution < -0.4 is 5.63 Å². The summed E-state index contributed by atoms with van der Waals surface area (Å²) in [5, 5.41) is 11.5. The van der Waals surface area contributed by atoms with Crippen molar-refractivity contribution in [3.8, 4) is 5.75 Å². The van der Waals surface area contributed by atoms with Crippen LogP contribution in [0.1, 0.15) is 97.6 Å². The SMILES string of the molecule is CCCCCCc1ncc(C=C(C)C(=O)c2c(O)cc(C(C)CC/C=C/CC(=O)OC)oc2=O)s1. The van der Waals surface area contributed by atoms with Crippen molar-refractivity contribution in [2.24, 2.45) is 0 Å². The number of hydrogen-bond acceptors (Lipinski definition) is 8. The first-order valence-corrected chi connectivity index (χ1v) is 12.8. The highest BCUT2D eigenvalue weighted by molar-refractivity contribution is 7.12. The van der Waals surface area contributed by atoms with Crippen LogP contribution in [0.25, 0.3) is 6.08 Å². The lowest BCUT2D eigenvalue weighted by atomic mass is 9.99. The van der Waals surface area contributed by atoms with Crippen molar-refractivity contribution < 1.29 is 23.8 Å². The van der Waals surface area contributed by atoms with E-state index in [-0.39, 0.29) is 29.6 Å². The highest BCUT2D eigenvalue weighted by Crippen LogP contribution is 2.27. The number of thiazole rings is 1. The van der Waals surface area contributed by atoms with Gasteiger partial charge in [-0.25, -0.2) is 9.78 Å². The molecule has 0 saturated carbocycles. The zero-order valence-corrected chi connectivity index (χ0v) is 21.8. The van der Waals surface area contributed by atoms with Crippen molar-refractivity contribution in [1.29, 1.82) is 0 Å². The lowest BCUT2D eigenvalue weighted by molar-refractivity contribution is -0.139. The van der Waals surface area contributed by atoms with Crippen LogP contribution in [-0.2, 0) is 16.0 Å². The standard InChI is InChI=1S/C27H35NO6S/c1-5-6-7-10-13-23-28-17-20(35-23)15-19(3)26(31)25-21(29)16-22(34-27(25)32)18(2)12-9-8-11-14-24(30)33-4/h8,11,15-18,29H,5-7,9-10,12-14H2,1-4H3/b11-8+,19-15?. The molecule has 0 aliphatic rings. The molecule has 0 aromatic carbocycles. The fourth-order valence-electron chi connectivity index (χ4n) is 3.51. The largest absolute Gasteiger partial charge is 0.507 e. The molecule has 7 nitrogen and oxygen atoms in total. The van der Waals surface area contributed by atoms with E-state index in [0.717, 1.165) is 22.7 Å². The number of aromatic hydroxyl groups is 1. The van der Waals surface area contributed by atoms with Crippen LogP contribution >= 0.6 is 11.3 Å². The minimum atomic E-state index is -0.855. The fourth-order valence-corrected chi connectivity index (χ4v) is 4.47. The third kappa shape index (κ3) is 8.94. The molecule has 190 valence electrons. The quantitative estimate of drug-likeness (QED) is 0.108. The summed E-state index contributed by atoms with van der Waals surface area (Å²) >= 11 is 1.53. The molecule has 0 fully saturated rings. The first-order valence-electron chi connectivity index (χ1n) is 12.0. The van der Waals surface area contributed by atoms with Gasteiger partial charge >= 0.3 is 11.6 Å². The number of Topliss-reactive ketones (excluding diaryl/α,β-unsaturated/α-hetero) is 1. The molecule has 2 heterocycles. The molecule has 0 bridgehead atoms. The summed E-state index contributed by atoms with van der Waals surface area (Å²) in [5.41, 5.74) is -0.894. The Kier molecular flexibility index (Phi) is 11.6. The van der Waals surface area contributed by atoms with Gasteiger partial charge in [0.05, 0.1) is 18.5 Å². The highest BCUT2D eigenvalue weighted by Gasteiger charge is 2.22. The number of unbranched alkanes of at least 4 members (excludes halogenated alkanes) is 3. The fraction of sp³-hybridized carbons (Fsp3) is 0.481. The maximum absolute atomic E-state index is 12.9. The second-order valence-electron chi connectivity index (χ2n) is 8.55. The molecule has 8 heteroatoms. The maximum Gasteiger partial charge on any atom is 0.351 e. The van der Waals surface area contributed by atoms with Gasteiger partial charge in [-0.05, 0) is 44.3 Å². The van der Waals surface area contributed by atoms with Gasteiger partial charge in [-0.1, -0.05) is 45.3 Å². The first-order chi connectivity index (χ1) is 16.8. The predicted molar refractivity (Wildman–Crippen MR) is 138 cm³/mol. The molecular formula is C27H35NO6S. The molecule has 1 N–H and O–H groups in total. The highest BCUT2D eigenvalue weighted by atomic mass is 32.1. The molecule has 2 aromatic rings. The summed E-state index contributed by atoms with van der Waals surface area (Å²) in [6.45, 7) is 5.65. The Morgan fingerprint density at radius 1 is 1.26 bits per heavy atom. The van der Waals surface area contributed by atoms with Crippen LogP contribution in [0.15, 0.2) is 39.2 Å². The topological polar surface area (TPSA) is 107 Å². The minimum Gasteiger partial charge on any atom is -0.507 e. The number of nitrogens with zero attached hydrogens (tertiary/aromatic N) is 1. The molecule has 1 atom stereocenters. The van der Waals surface area contributed by atoms with Gasteiger partial charge in [0.1, 0.15) is 17.1 Å². The Morgan fingerprint density at radius 3 is 2.71 bits per heavy atom. The average molecular weight is 502 g/mol. The van der Waals surface area contributed by atoms with E-state index >= 15 is 0 Å². The second kappa shape index (κ2) is 14.4. The van der Waals surface area contributed by atoms with Crippen molar-refractivity contribution in [2.75, 3.05) is 7.11 Å². The van der Waals surface area contributed by atoms with Gasteiger partial charge in [0.25, 0.3) is 0 Å². The Labute approximate surface area is 210 Å².